The third kappa shape index (κ3) is 3.94. The molecule has 0 saturated carbocycles. The summed E-state index contributed by atoms with van der Waals surface area (Å²) in [4.78, 5) is 5.18. The van der Waals surface area contributed by atoms with E-state index in [9.17, 15) is 0 Å². The molecule has 0 amide bonds. The van der Waals surface area contributed by atoms with Crippen LogP contribution in [0, 0.1) is 5.92 Å². The van der Waals surface area contributed by atoms with Crippen LogP contribution in [0.25, 0.3) is 0 Å². The smallest absolute Gasteiger partial charge is 0.00915 e. The third-order valence-electron chi connectivity index (χ3n) is 4.78. The Labute approximate surface area is 113 Å². The predicted octanol–water partition coefficient (Wildman–Crippen LogP) is 1.79. The summed E-state index contributed by atoms with van der Waals surface area (Å²) in [5.74, 6) is 0.886. The van der Waals surface area contributed by atoms with Crippen molar-refractivity contribution in [2.45, 2.75) is 52.1 Å². The van der Waals surface area contributed by atoms with E-state index in [1.807, 2.05) is 0 Å². The van der Waals surface area contributed by atoms with Crippen LogP contribution in [0.4, 0.5) is 0 Å². The van der Waals surface area contributed by atoms with Gasteiger partial charge >= 0.3 is 0 Å². The summed E-state index contributed by atoms with van der Waals surface area (Å²) in [5.41, 5.74) is 0. The maximum atomic E-state index is 3.81. The summed E-state index contributed by atoms with van der Waals surface area (Å²) < 4.78 is 0. The van der Waals surface area contributed by atoms with Crippen molar-refractivity contribution < 1.29 is 0 Å². The lowest BCUT2D eigenvalue weighted by Gasteiger charge is -2.32. The van der Waals surface area contributed by atoms with Crippen LogP contribution in [-0.4, -0.2) is 61.2 Å². The fourth-order valence-electron chi connectivity index (χ4n) is 3.28. The lowest BCUT2D eigenvalue weighted by atomic mass is 10.0. The van der Waals surface area contributed by atoms with E-state index in [0.29, 0.717) is 0 Å². The second-order valence-corrected chi connectivity index (χ2v) is 6.36. The van der Waals surface area contributed by atoms with Gasteiger partial charge in [0, 0.05) is 18.6 Å². The Morgan fingerprint density at radius 2 is 1.83 bits per heavy atom. The van der Waals surface area contributed by atoms with Crippen molar-refractivity contribution in [3.8, 4) is 0 Å². The fourth-order valence-corrected chi connectivity index (χ4v) is 3.28. The van der Waals surface area contributed by atoms with Gasteiger partial charge in [-0.15, -0.1) is 0 Å². The van der Waals surface area contributed by atoms with Crippen molar-refractivity contribution in [2.24, 2.45) is 5.92 Å². The highest BCUT2D eigenvalue weighted by atomic mass is 15.2. The third-order valence-corrected chi connectivity index (χ3v) is 4.78. The molecule has 2 aliphatic heterocycles. The largest absolute Gasteiger partial charge is 0.314 e. The van der Waals surface area contributed by atoms with Crippen LogP contribution in [-0.2, 0) is 0 Å². The predicted molar refractivity (Wildman–Crippen MR) is 78.0 cm³/mol. The van der Waals surface area contributed by atoms with Gasteiger partial charge in [-0.25, -0.2) is 0 Å². The lowest BCUT2D eigenvalue weighted by Crippen LogP contribution is -2.44. The van der Waals surface area contributed by atoms with Gasteiger partial charge in [0.2, 0.25) is 0 Å². The molecule has 0 aliphatic carbocycles. The second kappa shape index (κ2) is 6.88. The minimum Gasteiger partial charge on any atom is -0.314 e. The van der Waals surface area contributed by atoms with Gasteiger partial charge in [-0.3, -0.25) is 0 Å². The van der Waals surface area contributed by atoms with Crippen molar-refractivity contribution >= 4 is 0 Å². The van der Waals surface area contributed by atoms with Crippen LogP contribution in [0.15, 0.2) is 0 Å². The summed E-state index contributed by atoms with van der Waals surface area (Å²) in [5, 5.41) is 3.81. The molecule has 0 aromatic carbocycles. The van der Waals surface area contributed by atoms with Crippen molar-refractivity contribution in [1.29, 1.82) is 0 Å². The highest BCUT2D eigenvalue weighted by Crippen LogP contribution is 2.18. The van der Waals surface area contributed by atoms with Gasteiger partial charge in [-0.1, -0.05) is 6.92 Å². The Kier molecular flexibility index (Phi) is 5.46. The summed E-state index contributed by atoms with van der Waals surface area (Å²) in [6, 6.07) is 1.50. The minimum atomic E-state index is 0.725. The van der Waals surface area contributed by atoms with Gasteiger partial charge in [0.05, 0.1) is 0 Å². The topological polar surface area (TPSA) is 18.5 Å². The zero-order valence-corrected chi connectivity index (χ0v) is 12.5. The normalized spacial score (nSPS) is 28.3. The first kappa shape index (κ1) is 14.3. The molecule has 0 aromatic rings. The minimum absolute atomic E-state index is 0.725. The van der Waals surface area contributed by atoms with Gasteiger partial charge in [-0.05, 0) is 71.8 Å². The molecule has 0 spiro atoms. The Hall–Kier alpha value is -0.120. The maximum Gasteiger partial charge on any atom is 0.00915 e. The van der Waals surface area contributed by atoms with Gasteiger partial charge in [0.1, 0.15) is 0 Å². The number of piperidine rings is 1. The molecule has 0 aromatic heterocycles. The zero-order chi connectivity index (χ0) is 13.0. The quantitative estimate of drug-likeness (QED) is 0.806. The van der Waals surface area contributed by atoms with E-state index in [4.69, 9.17) is 0 Å². The molecule has 2 fully saturated rings. The van der Waals surface area contributed by atoms with Crippen molar-refractivity contribution in [3.63, 3.8) is 0 Å². The number of nitrogens with zero attached hydrogens (tertiary/aromatic N) is 2. The summed E-state index contributed by atoms with van der Waals surface area (Å²) >= 11 is 0. The first-order valence-corrected chi connectivity index (χ1v) is 7.88. The standard InChI is InChI=1S/C15H31N3/c1-4-17-8-6-15(7-9-17)16-11-14-5-10-18(12-14)13(2)3/h13-16H,4-12H2,1-3H3. The van der Waals surface area contributed by atoms with E-state index in [0.717, 1.165) is 18.0 Å². The summed E-state index contributed by atoms with van der Waals surface area (Å²) in [6.07, 6.45) is 4.07. The molecule has 3 heteroatoms. The molecule has 0 bridgehead atoms. The molecule has 106 valence electrons. The molecule has 2 saturated heterocycles. The van der Waals surface area contributed by atoms with Crippen LogP contribution in [0.1, 0.15) is 40.0 Å². The first-order chi connectivity index (χ1) is 8.69. The van der Waals surface area contributed by atoms with Crippen LogP contribution < -0.4 is 5.32 Å². The molecule has 2 rings (SSSR count). The van der Waals surface area contributed by atoms with E-state index in [1.165, 1.54) is 58.5 Å². The van der Waals surface area contributed by atoms with E-state index in [1.54, 1.807) is 0 Å². The second-order valence-electron chi connectivity index (χ2n) is 6.36. The van der Waals surface area contributed by atoms with Crippen molar-refractivity contribution in [3.05, 3.63) is 0 Å². The molecular weight excluding hydrogens is 222 g/mol. The maximum absolute atomic E-state index is 3.81. The molecule has 3 nitrogen and oxygen atoms in total. The molecule has 1 atom stereocenters. The molecule has 2 aliphatic rings. The highest BCUT2D eigenvalue weighted by Gasteiger charge is 2.25. The van der Waals surface area contributed by atoms with Crippen molar-refractivity contribution in [1.82, 2.24) is 15.1 Å². The molecule has 18 heavy (non-hydrogen) atoms. The van der Waals surface area contributed by atoms with Gasteiger partial charge < -0.3 is 15.1 Å². The number of rotatable bonds is 5. The van der Waals surface area contributed by atoms with Gasteiger partial charge in [-0.2, -0.15) is 0 Å². The lowest BCUT2D eigenvalue weighted by molar-refractivity contribution is 0.201. The Bertz CT molecular complexity index is 234. The molecule has 2 heterocycles. The number of hydrogen-bond acceptors (Lipinski definition) is 3. The number of hydrogen-bond donors (Lipinski definition) is 1. The summed E-state index contributed by atoms with van der Waals surface area (Å²) in [6.45, 7) is 14.5. The van der Waals surface area contributed by atoms with Crippen LogP contribution in [0.5, 0.6) is 0 Å². The Balaban J connectivity index is 1.61. The molecule has 1 N–H and O–H groups in total. The molecule has 0 radical (unpaired) electrons. The van der Waals surface area contributed by atoms with Crippen LogP contribution >= 0.6 is 0 Å². The molecule has 1 unspecified atom stereocenters. The average Bonchev–Trinajstić information content (AvgIpc) is 2.86. The number of nitrogens with one attached hydrogen (secondary N) is 1. The first-order valence-electron chi connectivity index (χ1n) is 7.88. The molecular formula is C15H31N3. The van der Waals surface area contributed by atoms with E-state index in [2.05, 4.69) is 35.9 Å². The zero-order valence-electron chi connectivity index (χ0n) is 12.5. The fraction of sp³-hybridized carbons (Fsp3) is 1.00. The van der Waals surface area contributed by atoms with Crippen LogP contribution in [0.3, 0.4) is 0 Å². The Morgan fingerprint density at radius 3 is 2.39 bits per heavy atom. The Morgan fingerprint density at radius 1 is 1.11 bits per heavy atom. The van der Waals surface area contributed by atoms with Crippen molar-refractivity contribution in [2.75, 3.05) is 39.3 Å². The van der Waals surface area contributed by atoms with E-state index < -0.39 is 0 Å². The monoisotopic (exact) mass is 253 g/mol. The van der Waals surface area contributed by atoms with Crippen LogP contribution in [0.2, 0.25) is 0 Å². The van der Waals surface area contributed by atoms with Gasteiger partial charge in [0.15, 0.2) is 0 Å². The number of likely N-dealkylation sites (tertiary alicyclic amines) is 2. The highest BCUT2D eigenvalue weighted by molar-refractivity contribution is 4.82. The SMILES string of the molecule is CCN1CCC(NCC2CCN(C(C)C)C2)CC1. The average molecular weight is 253 g/mol. The van der Waals surface area contributed by atoms with E-state index in [-0.39, 0.29) is 0 Å². The summed E-state index contributed by atoms with van der Waals surface area (Å²) in [7, 11) is 0. The van der Waals surface area contributed by atoms with Gasteiger partial charge in [0.25, 0.3) is 0 Å². The van der Waals surface area contributed by atoms with E-state index >= 15 is 0 Å².